The number of aliphatic carboxylic acids is 1. The van der Waals surface area contributed by atoms with Gasteiger partial charge in [-0.1, -0.05) is 6.07 Å². The van der Waals surface area contributed by atoms with Crippen LogP contribution in [0.5, 0.6) is 0 Å². The van der Waals surface area contributed by atoms with E-state index in [2.05, 4.69) is 0 Å². The summed E-state index contributed by atoms with van der Waals surface area (Å²) >= 11 is 0. The Morgan fingerprint density at radius 3 is 2.48 bits per heavy atom. The summed E-state index contributed by atoms with van der Waals surface area (Å²) in [6, 6.07) is 5.69. The number of amides is 2. The second-order valence-electron chi connectivity index (χ2n) is 4.77. The normalized spacial score (nSPS) is 15.5. The zero-order valence-electron chi connectivity index (χ0n) is 11.3. The minimum Gasteiger partial charge on any atom is -0.481 e. The number of carbonyl (C=O) groups is 3. The molecule has 2 amide bonds. The van der Waals surface area contributed by atoms with Gasteiger partial charge in [0.25, 0.3) is 0 Å². The van der Waals surface area contributed by atoms with E-state index in [9.17, 15) is 18.8 Å². The lowest BCUT2D eigenvalue weighted by Crippen LogP contribution is -2.54. The van der Waals surface area contributed by atoms with Gasteiger partial charge in [-0.15, -0.1) is 0 Å². The lowest BCUT2D eigenvalue weighted by atomic mass is 10.2. The summed E-state index contributed by atoms with van der Waals surface area (Å²) < 4.78 is 13.2. The SMILES string of the molecule is O=C(O)CCCN1C(=O)CN(c2cccc(F)c2)CC1=O. The first kappa shape index (κ1) is 15.0. The fourth-order valence-corrected chi connectivity index (χ4v) is 2.19. The molecule has 7 heteroatoms. The Kier molecular flexibility index (Phi) is 4.52. The Hall–Kier alpha value is -2.44. The maximum absolute atomic E-state index is 13.2. The van der Waals surface area contributed by atoms with Crippen molar-refractivity contribution in [2.45, 2.75) is 12.8 Å². The molecule has 21 heavy (non-hydrogen) atoms. The Bertz CT molecular complexity index is 558. The number of carboxylic acid groups (broad SMARTS) is 1. The van der Waals surface area contributed by atoms with Gasteiger partial charge >= 0.3 is 5.97 Å². The van der Waals surface area contributed by atoms with Crippen molar-refractivity contribution in [2.75, 3.05) is 24.5 Å². The van der Waals surface area contributed by atoms with Crippen LogP contribution in [-0.4, -0.2) is 47.4 Å². The highest BCUT2D eigenvalue weighted by Gasteiger charge is 2.30. The molecule has 0 radical (unpaired) electrons. The lowest BCUT2D eigenvalue weighted by Gasteiger charge is -2.33. The smallest absolute Gasteiger partial charge is 0.303 e. The van der Waals surface area contributed by atoms with Crippen LogP contribution >= 0.6 is 0 Å². The van der Waals surface area contributed by atoms with Gasteiger partial charge in [-0.2, -0.15) is 0 Å². The molecule has 0 aromatic heterocycles. The third-order valence-electron chi connectivity index (χ3n) is 3.20. The number of piperazine rings is 1. The first-order valence-corrected chi connectivity index (χ1v) is 6.53. The van der Waals surface area contributed by atoms with Crippen molar-refractivity contribution < 1.29 is 23.9 Å². The zero-order chi connectivity index (χ0) is 15.4. The lowest BCUT2D eigenvalue weighted by molar-refractivity contribution is -0.146. The predicted octanol–water partition coefficient (Wildman–Crippen LogP) is 0.866. The van der Waals surface area contributed by atoms with Gasteiger partial charge in [0.05, 0.1) is 13.1 Å². The van der Waals surface area contributed by atoms with E-state index in [4.69, 9.17) is 5.11 Å². The molecule has 1 aliphatic rings. The number of nitrogens with zero attached hydrogens (tertiary/aromatic N) is 2. The van der Waals surface area contributed by atoms with E-state index in [1.807, 2.05) is 0 Å². The van der Waals surface area contributed by atoms with Crippen LogP contribution in [0, 0.1) is 5.82 Å². The van der Waals surface area contributed by atoms with Gasteiger partial charge in [0.2, 0.25) is 11.8 Å². The van der Waals surface area contributed by atoms with Crippen LogP contribution in [0.25, 0.3) is 0 Å². The number of halogens is 1. The highest BCUT2D eigenvalue weighted by Crippen LogP contribution is 2.18. The summed E-state index contributed by atoms with van der Waals surface area (Å²) in [5.41, 5.74) is 0.474. The van der Waals surface area contributed by atoms with Crippen molar-refractivity contribution in [3.63, 3.8) is 0 Å². The third-order valence-corrected chi connectivity index (χ3v) is 3.20. The summed E-state index contributed by atoms with van der Waals surface area (Å²) in [4.78, 5) is 37.0. The Morgan fingerprint density at radius 2 is 1.90 bits per heavy atom. The number of carbonyl (C=O) groups excluding carboxylic acids is 2. The van der Waals surface area contributed by atoms with E-state index in [-0.39, 0.29) is 32.5 Å². The van der Waals surface area contributed by atoms with Gasteiger partial charge < -0.3 is 10.0 Å². The van der Waals surface area contributed by atoms with Crippen LogP contribution < -0.4 is 4.90 Å². The van der Waals surface area contributed by atoms with Gasteiger partial charge in [0, 0.05) is 18.7 Å². The van der Waals surface area contributed by atoms with Crippen LogP contribution in [-0.2, 0) is 14.4 Å². The molecule has 2 rings (SSSR count). The molecule has 1 aromatic carbocycles. The van der Waals surface area contributed by atoms with Crippen molar-refractivity contribution >= 4 is 23.5 Å². The molecule has 1 aliphatic heterocycles. The second kappa shape index (κ2) is 6.34. The molecule has 0 saturated carbocycles. The predicted molar refractivity (Wildman–Crippen MR) is 72.2 cm³/mol. The minimum atomic E-state index is -0.965. The van der Waals surface area contributed by atoms with Gasteiger partial charge in [-0.25, -0.2) is 4.39 Å². The standard InChI is InChI=1S/C14H15FN2O4/c15-10-3-1-4-11(7-10)16-8-12(18)17(13(19)9-16)6-2-5-14(20)21/h1,3-4,7H,2,5-6,8-9H2,(H,20,21). The van der Waals surface area contributed by atoms with Crippen LogP contribution in [0.3, 0.4) is 0 Å². The Balaban J connectivity index is 2.00. The highest BCUT2D eigenvalue weighted by molar-refractivity contribution is 6.02. The Labute approximate surface area is 120 Å². The van der Waals surface area contributed by atoms with Gasteiger partial charge in [-0.05, 0) is 24.6 Å². The number of rotatable bonds is 5. The van der Waals surface area contributed by atoms with Crippen LogP contribution in [0.1, 0.15) is 12.8 Å². The molecule has 6 nitrogen and oxygen atoms in total. The third kappa shape index (κ3) is 3.77. The molecule has 0 aliphatic carbocycles. The van der Waals surface area contributed by atoms with E-state index in [0.717, 1.165) is 4.90 Å². The van der Waals surface area contributed by atoms with Crippen molar-refractivity contribution in [1.82, 2.24) is 4.90 Å². The molecule has 0 unspecified atom stereocenters. The molecule has 112 valence electrons. The fraction of sp³-hybridized carbons (Fsp3) is 0.357. The maximum atomic E-state index is 13.2. The van der Waals surface area contributed by atoms with Crippen LogP contribution in [0.2, 0.25) is 0 Å². The minimum absolute atomic E-state index is 0.0255. The summed E-state index contributed by atoms with van der Waals surface area (Å²) in [7, 11) is 0. The van der Waals surface area contributed by atoms with Crippen molar-refractivity contribution in [1.29, 1.82) is 0 Å². The quantitative estimate of drug-likeness (QED) is 0.815. The van der Waals surface area contributed by atoms with Crippen LogP contribution in [0.15, 0.2) is 24.3 Å². The van der Waals surface area contributed by atoms with E-state index in [1.54, 1.807) is 6.07 Å². The summed E-state index contributed by atoms with van der Waals surface area (Å²) in [6.07, 6.45) is 0.136. The van der Waals surface area contributed by atoms with Gasteiger partial charge in [-0.3, -0.25) is 19.3 Å². The zero-order valence-corrected chi connectivity index (χ0v) is 11.3. The average Bonchev–Trinajstić information content (AvgIpc) is 2.41. The highest BCUT2D eigenvalue weighted by atomic mass is 19.1. The number of hydrogen-bond donors (Lipinski definition) is 1. The molecule has 0 atom stereocenters. The van der Waals surface area contributed by atoms with Crippen LogP contribution in [0.4, 0.5) is 10.1 Å². The molecule has 0 spiro atoms. The van der Waals surface area contributed by atoms with E-state index < -0.39 is 23.6 Å². The summed E-state index contributed by atoms with van der Waals surface area (Å²) in [5, 5.41) is 8.56. The van der Waals surface area contributed by atoms with E-state index >= 15 is 0 Å². The number of anilines is 1. The second-order valence-corrected chi connectivity index (χ2v) is 4.77. The number of benzene rings is 1. The fourth-order valence-electron chi connectivity index (χ4n) is 2.19. The van der Waals surface area contributed by atoms with E-state index in [1.165, 1.54) is 23.1 Å². The van der Waals surface area contributed by atoms with Crippen molar-refractivity contribution in [3.8, 4) is 0 Å². The monoisotopic (exact) mass is 294 g/mol. The number of carboxylic acids is 1. The maximum Gasteiger partial charge on any atom is 0.303 e. The van der Waals surface area contributed by atoms with Crippen molar-refractivity contribution in [2.24, 2.45) is 0 Å². The van der Waals surface area contributed by atoms with Gasteiger partial charge in [0.15, 0.2) is 0 Å². The number of hydrogen-bond acceptors (Lipinski definition) is 4. The van der Waals surface area contributed by atoms with Gasteiger partial charge in [0.1, 0.15) is 5.82 Å². The molecular weight excluding hydrogens is 279 g/mol. The van der Waals surface area contributed by atoms with E-state index in [0.29, 0.717) is 5.69 Å². The molecular formula is C14H15FN2O4. The summed E-state index contributed by atoms with van der Waals surface area (Å²) in [6.45, 7) is 0.0471. The molecule has 1 saturated heterocycles. The molecule has 1 aromatic rings. The summed E-state index contributed by atoms with van der Waals surface area (Å²) in [5.74, 6) is -2.20. The number of imide groups is 1. The van der Waals surface area contributed by atoms with Crippen molar-refractivity contribution in [3.05, 3.63) is 30.1 Å². The molecule has 0 bridgehead atoms. The average molecular weight is 294 g/mol. The largest absolute Gasteiger partial charge is 0.481 e. The first-order chi connectivity index (χ1) is 9.97. The molecule has 1 fully saturated rings. The topological polar surface area (TPSA) is 77.9 Å². The Morgan fingerprint density at radius 1 is 1.24 bits per heavy atom. The first-order valence-electron chi connectivity index (χ1n) is 6.53. The molecule has 1 N–H and O–H groups in total. The molecule has 1 heterocycles.